The number of aromatic nitrogens is 1. The van der Waals surface area contributed by atoms with Crippen LogP contribution in [0.1, 0.15) is 20.3 Å². The van der Waals surface area contributed by atoms with Gasteiger partial charge in [0, 0.05) is 6.20 Å². The zero-order valence-corrected chi connectivity index (χ0v) is 11.8. The van der Waals surface area contributed by atoms with Crippen molar-refractivity contribution in [1.82, 2.24) is 4.98 Å². The second-order valence-corrected chi connectivity index (χ2v) is 5.04. The molecule has 0 aliphatic rings. The molecule has 5 heteroatoms. The molecule has 0 aliphatic heterocycles. The Morgan fingerprint density at radius 3 is 2.82 bits per heavy atom. The molecule has 0 bridgehead atoms. The highest BCUT2D eigenvalue weighted by atomic mass is 79.9. The van der Waals surface area contributed by atoms with E-state index in [4.69, 9.17) is 4.74 Å². The number of ether oxygens (including phenoxy) is 1. The number of hydrogen-bond acceptors (Lipinski definition) is 4. The molecular formula is C12H17BrN2O2. The fourth-order valence-electron chi connectivity index (χ4n) is 1.48. The van der Waals surface area contributed by atoms with E-state index in [1.165, 1.54) is 7.11 Å². The van der Waals surface area contributed by atoms with Crippen molar-refractivity contribution in [3.8, 4) is 0 Å². The van der Waals surface area contributed by atoms with Gasteiger partial charge >= 0.3 is 5.97 Å². The Kier molecular flexibility index (Phi) is 5.41. The van der Waals surface area contributed by atoms with Gasteiger partial charge in [-0.25, -0.2) is 9.78 Å². The van der Waals surface area contributed by atoms with E-state index in [0.29, 0.717) is 18.2 Å². The van der Waals surface area contributed by atoms with Crippen LogP contribution in [0.2, 0.25) is 0 Å². The fourth-order valence-corrected chi connectivity index (χ4v) is 1.85. The van der Waals surface area contributed by atoms with Crippen molar-refractivity contribution < 1.29 is 9.53 Å². The number of nitrogens with one attached hydrogen (secondary N) is 1. The monoisotopic (exact) mass is 300 g/mol. The third-order valence-corrected chi connectivity index (χ3v) is 2.90. The van der Waals surface area contributed by atoms with E-state index >= 15 is 0 Å². The summed E-state index contributed by atoms with van der Waals surface area (Å²) in [5.74, 6) is 0.786. The number of nitrogens with zero attached hydrogens (tertiary/aromatic N) is 1. The molecule has 0 aromatic carbocycles. The number of rotatable bonds is 5. The number of carbonyl (C=O) groups excluding carboxylic acids is 1. The lowest BCUT2D eigenvalue weighted by molar-refractivity contribution is -0.141. The zero-order valence-electron chi connectivity index (χ0n) is 10.2. The second kappa shape index (κ2) is 6.59. The minimum atomic E-state index is -0.369. The summed E-state index contributed by atoms with van der Waals surface area (Å²) >= 11 is 3.38. The van der Waals surface area contributed by atoms with Crippen LogP contribution in [-0.2, 0) is 9.53 Å². The van der Waals surface area contributed by atoms with Crippen LogP contribution in [0.15, 0.2) is 22.8 Å². The zero-order chi connectivity index (χ0) is 12.8. The summed E-state index contributed by atoms with van der Waals surface area (Å²) in [6.07, 6.45) is 2.38. The number of pyridine rings is 1. The smallest absolute Gasteiger partial charge is 0.328 e. The van der Waals surface area contributed by atoms with Crippen LogP contribution in [-0.4, -0.2) is 24.1 Å². The van der Waals surface area contributed by atoms with Crippen LogP contribution in [0.3, 0.4) is 0 Å². The fraction of sp³-hybridized carbons (Fsp3) is 0.500. The van der Waals surface area contributed by atoms with Gasteiger partial charge in [0.15, 0.2) is 0 Å². The Hall–Kier alpha value is -1.10. The summed E-state index contributed by atoms with van der Waals surface area (Å²) in [4.78, 5) is 15.8. The van der Waals surface area contributed by atoms with Gasteiger partial charge in [0.05, 0.1) is 11.6 Å². The van der Waals surface area contributed by atoms with E-state index in [-0.39, 0.29) is 12.0 Å². The topological polar surface area (TPSA) is 51.2 Å². The summed E-state index contributed by atoms with van der Waals surface area (Å²) in [6.45, 7) is 4.12. The van der Waals surface area contributed by atoms with Gasteiger partial charge in [-0.1, -0.05) is 13.8 Å². The number of hydrogen-bond donors (Lipinski definition) is 1. The van der Waals surface area contributed by atoms with Gasteiger partial charge in [0.1, 0.15) is 11.9 Å². The van der Waals surface area contributed by atoms with Crippen LogP contribution in [0.4, 0.5) is 5.82 Å². The van der Waals surface area contributed by atoms with Crippen LogP contribution in [0, 0.1) is 5.92 Å². The van der Waals surface area contributed by atoms with Crippen molar-refractivity contribution in [3.05, 3.63) is 22.8 Å². The van der Waals surface area contributed by atoms with E-state index in [2.05, 4.69) is 40.1 Å². The Morgan fingerprint density at radius 1 is 1.59 bits per heavy atom. The first-order valence-electron chi connectivity index (χ1n) is 5.49. The predicted octanol–water partition coefficient (Wildman–Crippen LogP) is 2.84. The molecule has 1 N–H and O–H groups in total. The largest absolute Gasteiger partial charge is 0.467 e. The molecular weight excluding hydrogens is 284 g/mol. The van der Waals surface area contributed by atoms with Gasteiger partial charge in [-0.2, -0.15) is 0 Å². The van der Waals surface area contributed by atoms with Crippen LogP contribution in [0.5, 0.6) is 0 Å². The van der Waals surface area contributed by atoms with E-state index in [1.54, 1.807) is 6.20 Å². The maximum Gasteiger partial charge on any atom is 0.328 e. The highest BCUT2D eigenvalue weighted by molar-refractivity contribution is 9.10. The minimum absolute atomic E-state index is 0.267. The van der Waals surface area contributed by atoms with E-state index in [0.717, 1.165) is 4.47 Å². The van der Waals surface area contributed by atoms with Crippen LogP contribution < -0.4 is 5.32 Å². The van der Waals surface area contributed by atoms with Crippen LogP contribution >= 0.6 is 15.9 Å². The summed E-state index contributed by atoms with van der Waals surface area (Å²) < 4.78 is 5.61. The normalized spacial score (nSPS) is 12.3. The molecule has 94 valence electrons. The Labute approximate surface area is 110 Å². The molecule has 0 saturated heterocycles. The summed E-state index contributed by atoms with van der Waals surface area (Å²) in [7, 11) is 1.39. The molecule has 0 spiro atoms. The van der Waals surface area contributed by atoms with E-state index < -0.39 is 0 Å². The number of esters is 1. The highest BCUT2D eigenvalue weighted by Crippen LogP contribution is 2.21. The maximum absolute atomic E-state index is 11.6. The molecule has 1 atom stereocenters. The summed E-state index contributed by atoms with van der Waals surface area (Å²) in [5.41, 5.74) is 0. The Balaban J connectivity index is 2.79. The molecule has 0 fully saturated rings. The number of anilines is 1. The van der Waals surface area contributed by atoms with Crippen molar-refractivity contribution >= 4 is 27.7 Å². The van der Waals surface area contributed by atoms with Gasteiger partial charge in [-0.05, 0) is 40.4 Å². The molecule has 1 heterocycles. The van der Waals surface area contributed by atoms with Crippen molar-refractivity contribution in [2.45, 2.75) is 26.3 Å². The molecule has 1 aromatic rings. The van der Waals surface area contributed by atoms with Crippen LogP contribution in [0.25, 0.3) is 0 Å². The third-order valence-electron chi connectivity index (χ3n) is 2.26. The second-order valence-electron chi connectivity index (χ2n) is 4.18. The van der Waals surface area contributed by atoms with Crippen molar-refractivity contribution in [2.75, 3.05) is 12.4 Å². The highest BCUT2D eigenvalue weighted by Gasteiger charge is 2.21. The molecule has 4 nitrogen and oxygen atoms in total. The lowest BCUT2D eigenvalue weighted by Crippen LogP contribution is -2.32. The van der Waals surface area contributed by atoms with Crippen molar-refractivity contribution in [2.24, 2.45) is 5.92 Å². The number of halogens is 1. The molecule has 0 radical (unpaired) electrons. The first-order chi connectivity index (χ1) is 8.04. The summed E-state index contributed by atoms with van der Waals surface area (Å²) in [6, 6.07) is 3.33. The van der Waals surface area contributed by atoms with Gasteiger partial charge < -0.3 is 10.1 Å². The Bertz CT molecular complexity index is 383. The molecule has 1 aromatic heterocycles. The number of carbonyl (C=O) groups is 1. The van der Waals surface area contributed by atoms with Gasteiger partial charge in [0.2, 0.25) is 0 Å². The number of methoxy groups -OCH3 is 1. The third kappa shape index (κ3) is 4.34. The first kappa shape index (κ1) is 14.0. The SMILES string of the molecule is COC(=O)C(CC(C)C)Nc1ncccc1Br. The predicted molar refractivity (Wildman–Crippen MR) is 70.8 cm³/mol. The molecule has 17 heavy (non-hydrogen) atoms. The molecule has 0 saturated carbocycles. The molecule has 0 amide bonds. The molecule has 1 unspecified atom stereocenters. The van der Waals surface area contributed by atoms with Gasteiger partial charge in [-0.3, -0.25) is 0 Å². The average molecular weight is 301 g/mol. The lowest BCUT2D eigenvalue weighted by Gasteiger charge is -2.19. The maximum atomic E-state index is 11.6. The Morgan fingerprint density at radius 2 is 2.29 bits per heavy atom. The van der Waals surface area contributed by atoms with Crippen molar-refractivity contribution in [3.63, 3.8) is 0 Å². The van der Waals surface area contributed by atoms with Gasteiger partial charge in [0.25, 0.3) is 0 Å². The van der Waals surface area contributed by atoms with Crippen molar-refractivity contribution in [1.29, 1.82) is 0 Å². The standard InChI is InChI=1S/C12H17BrN2O2/c1-8(2)7-10(12(16)17-3)15-11-9(13)5-4-6-14-11/h4-6,8,10H,7H2,1-3H3,(H,14,15). The van der Waals surface area contributed by atoms with Gasteiger partial charge in [-0.15, -0.1) is 0 Å². The first-order valence-corrected chi connectivity index (χ1v) is 6.28. The minimum Gasteiger partial charge on any atom is -0.467 e. The lowest BCUT2D eigenvalue weighted by atomic mass is 10.0. The summed E-state index contributed by atoms with van der Waals surface area (Å²) in [5, 5.41) is 3.10. The quantitative estimate of drug-likeness (QED) is 0.850. The molecule has 0 aliphatic carbocycles. The average Bonchev–Trinajstić information content (AvgIpc) is 2.29. The molecule has 1 rings (SSSR count). The van der Waals surface area contributed by atoms with E-state index in [1.807, 2.05) is 12.1 Å². The van der Waals surface area contributed by atoms with E-state index in [9.17, 15) is 4.79 Å².